The lowest BCUT2D eigenvalue weighted by Gasteiger charge is -2.25. The smallest absolute Gasteiger partial charge is 0.248 e. The molecular weight excluding hydrogens is 570 g/mol. The van der Waals surface area contributed by atoms with Crippen LogP contribution < -0.4 is 10.9 Å². The van der Waals surface area contributed by atoms with Crippen LogP contribution >= 0.6 is 0 Å². The highest BCUT2D eigenvalue weighted by molar-refractivity contribution is 7.89. The first-order valence-corrected chi connectivity index (χ1v) is 16.2. The van der Waals surface area contributed by atoms with Crippen molar-refractivity contribution < 1.29 is 13.2 Å². The molecule has 9 heteroatoms. The monoisotopic (exact) mass is 607 g/mol. The van der Waals surface area contributed by atoms with Crippen LogP contribution in [0.5, 0.6) is 0 Å². The number of nitrogens with two attached hydrogens (primary N) is 2. The average Bonchev–Trinajstić information content (AvgIpc) is 3.38. The van der Waals surface area contributed by atoms with E-state index in [0.717, 1.165) is 58.9 Å². The number of hydrogen-bond donors (Lipinski definition) is 2. The summed E-state index contributed by atoms with van der Waals surface area (Å²) in [5.41, 5.74) is 12.0. The van der Waals surface area contributed by atoms with Crippen molar-refractivity contribution in [2.24, 2.45) is 10.9 Å². The SMILES string of the molecule is CCCCn1c(-c2ccccc2)nc(-c2ccccc2)c1CN(Cc1ccc(C(N)=O)cc1)Cc1ccc(S(N)(=O)=O)cc1. The van der Waals surface area contributed by atoms with E-state index in [1.807, 2.05) is 48.5 Å². The van der Waals surface area contributed by atoms with E-state index in [-0.39, 0.29) is 4.90 Å². The summed E-state index contributed by atoms with van der Waals surface area (Å²) in [6.07, 6.45) is 2.04. The summed E-state index contributed by atoms with van der Waals surface area (Å²) in [7, 11) is -3.79. The van der Waals surface area contributed by atoms with Gasteiger partial charge in [-0.25, -0.2) is 18.5 Å². The number of primary amides is 1. The van der Waals surface area contributed by atoms with Crippen LogP contribution in [0, 0.1) is 0 Å². The van der Waals surface area contributed by atoms with E-state index < -0.39 is 15.9 Å². The van der Waals surface area contributed by atoms with Gasteiger partial charge in [-0.1, -0.05) is 98.3 Å². The molecule has 0 unspecified atom stereocenters. The molecule has 0 bridgehead atoms. The van der Waals surface area contributed by atoms with Crippen molar-refractivity contribution in [3.63, 3.8) is 0 Å². The molecule has 0 aliphatic heterocycles. The molecule has 5 aromatic rings. The van der Waals surface area contributed by atoms with Crippen LogP contribution in [0.4, 0.5) is 0 Å². The molecule has 0 fully saturated rings. The van der Waals surface area contributed by atoms with Gasteiger partial charge in [-0.15, -0.1) is 0 Å². The van der Waals surface area contributed by atoms with E-state index in [4.69, 9.17) is 15.9 Å². The molecule has 1 heterocycles. The molecular formula is C35H37N5O3S. The predicted octanol–water partition coefficient (Wildman–Crippen LogP) is 5.97. The molecule has 1 aromatic heterocycles. The maximum atomic E-state index is 11.9. The third kappa shape index (κ3) is 7.49. The lowest BCUT2D eigenvalue weighted by molar-refractivity contribution is 0.1000. The molecule has 5 rings (SSSR count). The topological polar surface area (TPSA) is 124 Å². The van der Waals surface area contributed by atoms with Crippen LogP contribution in [0.2, 0.25) is 0 Å². The minimum absolute atomic E-state index is 0.0753. The Balaban J connectivity index is 1.59. The molecule has 0 aliphatic rings. The van der Waals surface area contributed by atoms with Crippen molar-refractivity contribution in [2.75, 3.05) is 0 Å². The number of nitrogens with zero attached hydrogens (tertiary/aromatic N) is 3. The zero-order valence-electron chi connectivity index (χ0n) is 24.8. The van der Waals surface area contributed by atoms with Gasteiger partial charge in [0, 0.05) is 42.9 Å². The number of rotatable bonds is 13. The Morgan fingerprint density at radius 1 is 0.773 bits per heavy atom. The quantitative estimate of drug-likeness (QED) is 0.171. The molecule has 4 aromatic carbocycles. The first-order chi connectivity index (χ1) is 21.2. The van der Waals surface area contributed by atoms with E-state index in [9.17, 15) is 13.2 Å². The van der Waals surface area contributed by atoms with Crippen LogP contribution in [0.3, 0.4) is 0 Å². The van der Waals surface area contributed by atoms with Gasteiger partial charge in [0.1, 0.15) is 5.82 Å². The predicted molar refractivity (Wildman–Crippen MR) is 174 cm³/mol. The fourth-order valence-corrected chi connectivity index (χ4v) is 5.81. The Labute approximate surface area is 259 Å². The number of unbranched alkanes of at least 4 members (excludes halogenated alkanes) is 1. The summed E-state index contributed by atoms with van der Waals surface area (Å²) >= 11 is 0. The molecule has 0 spiro atoms. The molecule has 226 valence electrons. The molecule has 0 saturated heterocycles. The van der Waals surface area contributed by atoms with E-state index >= 15 is 0 Å². The fraction of sp³-hybridized carbons (Fsp3) is 0.200. The van der Waals surface area contributed by atoms with Gasteiger partial charge in [-0.2, -0.15) is 0 Å². The van der Waals surface area contributed by atoms with Crippen LogP contribution in [-0.2, 0) is 36.2 Å². The molecule has 1 amide bonds. The Bertz CT molecular complexity index is 1800. The minimum atomic E-state index is -3.79. The summed E-state index contributed by atoms with van der Waals surface area (Å²) in [5, 5.41) is 5.34. The summed E-state index contributed by atoms with van der Waals surface area (Å²) in [5.74, 6) is 0.459. The van der Waals surface area contributed by atoms with Crippen molar-refractivity contribution >= 4 is 15.9 Å². The van der Waals surface area contributed by atoms with Crippen LogP contribution in [0.1, 0.15) is 46.9 Å². The largest absolute Gasteiger partial charge is 0.366 e. The van der Waals surface area contributed by atoms with Gasteiger partial charge in [0.2, 0.25) is 15.9 Å². The molecule has 0 saturated carbocycles. The first kappa shape index (κ1) is 30.9. The minimum Gasteiger partial charge on any atom is -0.366 e. The number of hydrogen-bond acceptors (Lipinski definition) is 5. The maximum absolute atomic E-state index is 11.9. The number of carbonyl (C=O) groups excluding carboxylic acids is 1. The number of benzene rings is 4. The highest BCUT2D eigenvalue weighted by Gasteiger charge is 2.22. The lowest BCUT2D eigenvalue weighted by atomic mass is 10.1. The van der Waals surface area contributed by atoms with Gasteiger partial charge in [0.15, 0.2) is 0 Å². The third-order valence-corrected chi connectivity index (χ3v) is 8.49. The van der Waals surface area contributed by atoms with Gasteiger partial charge >= 0.3 is 0 Å². The van der Waals surface area contributed by atoms with E-state index in [2.05, 4.69) is 40.7 Å². The average molecular weight is 608 g/mol. The van der Waals surface area contributed by atoms with Crippen LogP contribution in [-0.4, -0.2) is 28.8 Å². The van der Waals surface area contributed by atoms with Gasteiger partial charge in [0.05, 0.1) is 16.3 Å². The second-order valence-electron chi connectivity index (χ2n) is 10.9. The molecule has 0 aliphatic carbocycles. The first-order valence-electron chi connectivity index (χ1n) is 14.7. The van der Waals surface area contributed by atoms with Crippen molar-refractivity contribution in [2.45, 2.75) is 50.8 Å². The molecule has 4 N–H and O–H groups in total. The van der Waals surface area contributed by atoms with Crippen LogP contribution in [0.25, 0.3) is 22.6 Å². The Morgan fingerprint density at radius 3 is 1.84 bits per heavy atom. The number of carbonyl (C=O) groups is 1. The normalized spacial score (nSPS) is 11.6. The molecule has 44 heavy (non-hydrogen) atoms. The Kier molecular flexibility index (Phi) is 9.69. The maximum Gasteiger partial charge on any atom is 0.248 e. The van der Waals surface area contributed by atoms with Gasteiger partial charge in [-0.3, -0.25) is 9.69 Å². The standard InChI is InChI=1S/C35H37N5O3S/c1-2-3-22-40-32(33(28-10-6-4-7-11-28)38-35(40)30-12-8-5-9-13-30)25-39(23-26-14-18-29(19-15-26)34(36)41)24-27-16-20-31(21-17-27)44(37,42)43/h4-21H,2-3,22-25H2,1H3,(H2,36,41)(H2,37,42,43). The van der Waals surface area contributed by atoms with E-state index in [1.165, 1.54) is 0 Å². The number of sulfonamides is 1. The number of aromatic nitrogens is 2. The zero-order valence-corrected chi connectivity index (χ0v) is 25.6. The summed E-state index contributed by atoms with van der Waals surface area (Å²) < 4.78 is 26.1. The van der Waals surface area contributed by atoms with Gasteiger partial charge in [0.25, 0.3) is 0 Å². The number of primary sulfonamides is 1. The second kappa shape index (κ2) is 13.8. The van der Waals surface area contributed by atoms with Gasteiger partial charge in [-0.05, 0) is 41.8 Å². The zero-order chi connectivity index (χ0) is 31.1. The van der Waals surface area contributed by atoms with Crippen molar-refractivity contribution in [1.82, 2.24) is 14.5 Å². The second-order valence-corrected chi connectivity index (χ2v) is 12.4. The highest BCUT2D eigenvalue weighted by atomic mass is 32.2. The van der Waals surface area contributed by atoms with Crippen molar-refractivity contribution in [3.8, 4) is 22.6 Å². The van der Waals surface area contributed by atoms with E-state index in [0.29, 0.717) is 25.2 Å². The Hall–Kier alpha value is -4.57. The van der Waals surface area contributed by atoms with Gasteiger partial charge < -0.3 is 10.3 Å². The molecule has 8 nitrogen and oxygen atoms in total. The van der Waals surface area contributed by atoms with Crippen LogP contribution in [0.15, 0.2) is 114 Å². The lowest BCUT2D eigenvalue weighted by Crippen LogP contribution is -2.25. The van der Waals surface area contributed by atoms with Crippen molar-refractivity contribution in [1.29, 1.82) is 0 Å². The number of imidazole rings is 1. The Morgan fingerprint density at radius 2 is 1.32 bits per heavy atom. The van der Waals surface area contributed by atoms with E-state index in [1.54, 1.807) is 36.4 Å². The van der Waals surface area contributed by atoms with Crippen molar-refractivity contribution in [3.05, 3.63) is 132 Å². The molecule has 0 atom stereocenters. The summed E-state index contributed by atoms with van der Waals surface area (Å²) in [4.78, 5) is 19.3. The summed E-state index contributed by atoms with van der Waals surface area (Å²) in [6, 6.07) is 34.5. The highest BCUT2D eigenvalue weighted by Crippen LogP contribution is 2.32. The third-order valence-electron chi connectivity index (χ3n) is 7.56. The molecule has 0 radical (unpaired) electrons. The number of amides is 1. The summed E-state index contributed by atoms with van der Waals surface area (Å²) in [6.45, 7) is 4.69. The fourth-order valence-electron chi connectivity index (χ4n) is 5.29.